The number of carbonyl (C=O) groups is 1. The zero-order valence-electron chi connectivity index (χ0n) is 14.1. The monoisotopic (exact) mass is 323 g/mol. The second kappa shape index (κ2) is 5.41. The topological polar surface area (TPSA) is 36.4 Å². The molecule has 2 bridgehead atoms. The van der Waals surface area contributed by atoms with E-state index in [0.717, 1.165) is 44.8 Å². The summed E-state index contributed by atoms with van der Waals surface area (Å²) in [6.45, 7) is 4.56. The smallest absolute Gasteiger partial charge is 0.226 e. The van der Waals surface area contributed by atoms with Crippen LogP contribution in [0, 0.1) is 23.2 Å². The van der Waals surface area contributed by atoms with Gasteiger partial charge in [-0.2, -0.15) is 0 Å². The maximum atomic E-state index is 13.0. The first-order chi connectivity index (χ1) is 11.8. The number of pyridine rings is 1. The normalized spacial score (nSPS) is 33.3. The molecule has 0 N–H and O–H groups in total. The molecule has 4 heteroatoms. The van der Waals surface area contributed by atoms with Crippen LogP contribution >= 0.6 is 0 Å². The quantitative estimate of drug-likeness (QED) is 0.801. The Balaban J connectivity index is 1.19. The molecule has 1 aromatic rings. The molecule has 0 radical (unpaired) electrons. The Hall–Kier alpha value is -1.68. The van der Waals surface area contributed by atoms with Gasteiger partial charge in [-0.3, -0.25) is 14.7 Å². The Labute approximate surface area is 143 Å². The van der Waals surface area contributed by atoms with Crippen LogP contribution in [0.1, 0.15) is 25.0 Å². The fourth-order valence-corrected chi connectivity index (χ4v) is 5.34. The summed E-state index contributed by atoms with van der Waals surface area (Å²) in [7, 11) is 0. The van der Waals surface area contributed by atoms with Gasteiger partial charge >= 0.3 is 0 Å². The van der Waals surface area contributed by atoms with Crippen LogP contribution in [0.5, 0.6) is 0 Å². The largest absolute Gasteiger partial charge is 0.340 e. The van der Waals surface area contributed by atoms with E-state index in [2.05, 4.69) is 33.0 Å². The van der Waals surface area contributed by atoms with Crippen molar-refractivity contribution in [3.63, 3.8) is 0 Å². The van der Waals surface area contributed by atoms with Crippen LogP contribution in [-0.4, -0.2) is 46.9 Å². The van der Waals surface area contributed by atoms with Crippen LogP contribution in [-0.2, 0) is 11.3 Å². The third-order valence-corrected chi connectivity index (χ3v) is 6.83. The van der Waals surface area contributed by atoms with E-state index >= 15 is 0 Å². The van der Waals surface area contributed by atoms with E-state index in [-0.39, 0.29) is 5.92 Å². The van der Waals surface area contributed by atoms with Crippen molar-refractivity contribution in [3.05, 3.63) is 42.2 Å². The zero-order chi connectivity index (χ0) is 16.1. The molecule has 3 fully saturated rings. The molecule has 4 aliphatic rings. The van der Waals surface area contributed by atoms with Crippen LogP contribution in [0.2, 0.25) is 0 Å². The van der Waals surface area contributed by atoms with E-state index in [1.54, 1.807) is 0 Å². The Morgan fingerprint density at radius 3 is 2.67 bits per heavy atom. The summed E-state index contributed by atoms with van der Waals surface area (Å²) in [5, 5.41) is 0. The molecule has 1 aliphatic heterocycles. The van der Waals surface area contributed by atoms with Gasteiger partial charge in [-0.1, -0.05) is 18.2 Å². The summed E-state index contributed by atoms with van der Waals surface area (Å²) < 4.78 is 0. The number of hydrogen-bond donors (Lipinski definition) is 0. The molecule has 1 amide bonds. The minimum absolute atomic E-state index is 0.268. The summed E-state index contributed by atoms with van der Waals surface area (Å²) in [6, 6.07) is 6.07. The van der Waals surface area contributed by atoms with Gasteiger partial charge in [-0.25, -0.2) is 0 Å². The van der Waals surface area contributed by atoms with Gasteiger partial charge in [0.25, 0.3) is 0 Å². The predicted octanol–water partition coefficient (Wildman–Crippen LogP) is 2.33. The third kappa shape index (κ3) is 2.23. The first kappa shape index (κ1) is 14.6. The van der Waals surface area contributed by atoms with Gasteiger partial charge in [0.2, 0.25) is 5.91 Å². The molecule has 3 atom stereocenters. The molecule has 5 rings (SSSR count). The van der Waals surface area contributed by atoms with E-state index < -0.39 is 0 Å². The molecule has 126 valence electrons. The maximum Gasteiger partial charge on any atom is 0.226 e. The fourth-order valence-electron chi connectivity index (χ4n) is 5.34. The van der Waals surface area contributed by atoms with Gasteiger partial charge in [0.1, 0.15) is 0 Å². The maximum absolute atomic E-state index is 13.0. The average molecular weight is 323 g/mol. The summed E-state index contributed by atoms with van der Waals surface area (Å²) >= 11 is 0. The van der Waals surface area contributed by atoms with Gasteiger partial charge in [0.15, 0.2) is 0 Å². The fraction of sp³-hybridized carbons (Fsp3) is 0.600. The number of amides is 1. The highest BCUT2D eigenvalue weighted by Gasteiger charge is 2.64. The number of aromatic nitrogens is 1. The highest BCUT2D eigenvalue weighted by molar-refractivity contribution is 5.80. The number of allylic oxidation sites excluding steroid dienone is 2. The van der Waals surface area contributed by atoms with Crippen LogP contribution in [0.4, 0.5) is 0 Å². The van der Waals surface area contributed by atoms with Gasteiger partial charge in [-0.05, 0) is 48.6 Å². The number of piperazine rings is 1. The van der Waals surface area contributed by atoms with E-state index in [1.165, 1.54) is 12.8 Å². The molecule has 2 saturated carbocycles. The number of hydrogen-bond acceptors (Lipinski definition) is 3. The minimum atomic E-state index is 0.268. The minimum Gasteiger partial charge on any atom is -0.340 e. The molecule has 1 spiro atoms. The SMILES string of the molecule is O=C(C1CC2C=CC1C21CC1)N1CCN(Cc2ccccn2)CC1. The van der Waals surface area contributed by atoms with Crippen molar-refractivity contribution in [3.8, 4) is 0 Å². The summed E-state index contributed by atoms with van der Waals surface area (Å²) in [4.78, 5) is 22.0. The number of rotatable bonds is 3. The van der Waals surface area contributed by atoms with Crippen molar-refractivity contribution in [1.82, 2.24) is 14.8 Å². The lowest BCUT2D eigenvalue weighted by molar-refractivity contribution is -0.138. The van der Waals surface area contributed by atoms with Crippen molar-refractivity contribution in [2.75, 3.05) is 26.2 Å². The molecule has 2 heterocycles. The van der Waals surface area contributed by atoms with Gasteiger partial charge < -0.3 is 4.90 Å². The average Bonchev–Trinajstić information content (AvgIpc) is 3.29. The van der Waals surface area contributed by atoms with Gasteiger partial charge in [0.05, 0.1) is 5.69 Å². The molecule has 0 aromatic carbocycles. The lowest BCUT2D eigenvalue weighted by atomic mass is 9.88. The van der Waals surface area contributed by atoms with Gasteiger partial charge in [0, 0.05) is 44.8 Å². The van der Waals surface area contributed by atoms with Crippen LogP contribution in [0.15, 0.2) is 36.5 Å². The number of nitrogens with zero attached hydrogens (tertiary/aromatic N) is 3. The standard InChI is InChI=1S/C20H25N3O/c24-19(17-13-15-4-5-18(17)20(15)6-7-20)23-11-9-22(10-12-23)14-16-3-1-2-8-21-16/h1-5,8,15,17-18H,6-7,9-14H2. The van der Waals surface area contributed by atoms with E-state index in [4.69, 9.17) is 0 Å². The van der Waals surface area contributed by atoms with E-state index in [0.29, 0.717) is 23.2 Å². The Morgan fingerprint density at radius 1 is 1.17 bits per heavy atom. The molecule has 4 nitrogen and oxygen atoms in total. The highest BCUT2D eigenvalue weighted by atomic mass is 16.2. The second-order valence-electron chi connectivity index (χ2n) is 8.02. The Kier molecular flexibility index (Phi) is 3.30. The van der Waals surface area contributed by atoms with Crippen LogP contribution < -0.4 is 0 Å². The van der Waals surface area contributed by atoms with Crippen molar-refractivity contribution in [2.24, 2.45) is 23.2 Å². The zero-order valence-corrected chi connectivity index (χ0v) is 14.1. The molecule has 3 aliphatic carbocycles. The number of carbonyl (C=O) groups excluding carboxylic acids is 1. The molecule has 24 heavy (non-hydrogen) atoms. The summed E-state index contributed by atoms with van der Waals surface area (Å²) in [5.74, 6) is 1.93. The molecular weight excluding hydrogens is 298 g/mol. The first-order valence-corrected chi connectivity index (χ1v) is 9.36. The molecular formula is C20H25N3O. The van der Waals surface area contributed by atoms with E-state index in [1.807, 2.05) is 18.3 Å². The Bertz CT molecular complexity index is 659. The molecule has 3 unspecified atom stereocenters. The summed E-state index contributed by atoms with van der Waals surface area (Å²) in [5.41, 5.74) is 1.63. The second-order valence-corrected chi connectivity index (χ2v) is 8.02. The Morgan fingerprint density at radius 2 is 2.00 bits per heavy atom. The van der Waals surface area contributed by atoms with Crippen LogP contribution in [0.25, 0.3) is 0 Å². The highest BCUT2D eigenvalue weighted by Crippen LogP contribution is 2.70. The lowest BCUT2D eigenvalue weighted by Gasteiger charge is -2.36. The van der Waals surface area contributed by atoms with Gasteiger partial charge in [-0.15, -0.1) is 0 Å². The lowest BCUT2D eigenvalue weighted by Crippen LogP contribution is -2.50. The molecule has 1 aromatic heterocycles. The van der Waals surface area contributed by atoms with Crippen LogP contribution in [0.3, 0.4) is 0 Å². The third-order valence-electron chi connectivity index (χ3n) is 6.83. The van der Waals surface area contributed by atoms with Crippen molar-refractivity contribution < 1.29 is 4.79 Å². The first-order valence-electron chi connectivity index (χ1n) is 9.36. The van der Waals surface area contributed by atoms with Crippen molar-refractivity contribution >= 4 is 5.91 Å². The van der Waals surface area contributed by atoms with Crippen molar-refractivity contribution in [2.45, 2.75) is 25.8 Å². The molecule has 1 saturated heterocycles. The predicted molar refractivity (Wildman–Crippen MR) is 92.0 cm³/mol. The van der Waals surface area contributed by atoms with E-state index in [9.17, 15) is 4.79 Å². The summed E-state index contributed by atoms with van der Waals surface area (Å²) in [6.07, 6.45) is 10.4. The van der Waals surface area contributed by atoms with Crippen molar-refractivity contribution in [1.29, 1.82) is 0 Å².